The van der Waals surface area contributed by atoms with E-state index < -0.39 is 0 Å². The van der Waals surface area contributed by atoms with Gasteiger partial charge >= 0.3 is 0 Å². The molecule has 0 bridgehead atoms. The SMILES string of the molecule is CCc1ccccc1CN1CC2CCCN2CC1CC. The minimum atomic E-state index is 0.745. The Bertz CT molecular complexity index is 443. The van der Waals surface area contributed by atoms with E-state index in [-0.39, 0.29) is 0 Å². The summed E-state index contributed by atoms with van der Waals surface area (Å²) in [6.45, 7) is 9.66. The zero-order valence-corrected chi connectivity index (χ0v) is 13.0. The van der Waals surface area contributed by atoms with Gasteiger partial charge in [0, 0.05) is 31.7 Å². The van der Waals surface area contributed by atoms with Gasteiger partial charge in [-0.25, -0.2) is 0 Å². The van der Waals surface area contributed by atoms with Crippen LogP contribution in [-0.2, 0) is 13.0 Å². The number of piperazine rings is 1. The zero-order valence-electron chi connectivity index (χ0n) is 13.0. The first-order valence-corrected chi connectivity index (χ1v) is 8.36. The molecule has 2 heterocycles. The van der Waals surface area contributed by atoms with Gasteiger partial charge in [0.1, 0.15) is 0 Å². The van der Waals surface area contributed by atoms with Gasteiger partial charge in [0.15, 0.2) is 0 Å². The summed E-state index contributed by atoms with van der Waals surface area (Å²) >= 11 is 0. The predicted molar refractivity (Wildman–Crippen MR) is 84.9 cm³/mol. The number of aryl methyl sites for hydroxylation is 1. The Morgan fingerprint density at radius 1 is 1.10 bits per heavy atom. The number of hydrogen-bond donors (Lipinski definition) is 0. The molecule has 2 unspecified atom stereocenters. The van der Waals surface area contributed by atoms with Crippen LogP contribution in [0, 0.1) is 0 Å². The molecule has 2 atom stereocenters. The van der Waals surface area contributed by atoms with Crippen molar-refractivity contribution in [3.63, 3.8) is 0 Å². The predicted octanol–water partition coefficient (Wildman–Crippen LogP) is 3.31. The topological polar surface area (TPSA) is 6.48 Å². The highest BCUT2D eigenvalue weighted by atomic mass is 15.3. The number of benzene rings is 1. The monoisotopic (exact) mass is 272 g/mol. The average Bonchev–Trinajstić information content (AvgIpc) is 2.94. The van der Waals surface area contributed by atoms with Crippen molar-refractivity contribution >= 4 is 0 Å². The van der Waals surface area contributed by atoms with Crippen LogP contribution in [0.15, 0.2) is 24.3 Å². The molecule has 0 spiro atoms. The molecule has 0 saturated carbocycles. The molecule has 0 aromatic heterocycles. The quantitative estimate of drug-likeness (QED) is 0.830. The molecule has 110 valence electrons. The summed E-state index contributed by atoms with van der Waals surface area (Å²) in [5.41, 5.74) is 3.07. The van der Waals surface area contributed by atoms with Crippen LogP contribution in [0.2, 0.25) is 0 Å². The van der Waals surface area contributed by atoms with E-state index in [0.717, 1.165) is 25.0 Å². The van der Waals surface area contributed by atoms with Crippen LogP contribution in [0.1, 0.15) is 44.2 Å². The molecule has 2 saturated heterocycles. The van der Waals surface area contributed by atoms with Crippen LogP contribution >= 0.6 is 0 Å². The third-order valence-electron chi connectivity index (χ3n) is 5.25. The largest absolute Gasteiger partial charge is 0.298 e. The molecule has 2 heteroatoms. The standard InChI is InChI=1S/C18H28N2/c1-3-15-8-5-6-9-16(15)12-20-14-18-10-7-11-19(18)13-17(20)4-2/h5-6,8-9,17-18H,3-4,7,10-14H2,1-2H3. The highest BCUT2D eigenvalue weighted by molar-refractivity contribution is 5.27. The molecule has 20 heavy (non-hydrogen) atoms. The normalized spacial score (nSPS) is 27.7. The second-order valence-corrected chi connectivity index (χ2v) is 6.40. The lowest BCUT2D eigenvalue weighted by Crippen LogP contribution is -2.55. The molecule has 0 N–H and O–H groups in total. The first-order chi connectivity index (χ1) is 9.81. The zero-order chi connectivity index (χ0) is 13.9. The van der Waals surface area contributed by atoms with E-state index in [2.05, 4.69) is 47.9 Å². The third kappa shape index (κ3) is 2.77. The van der Waals surface area contributed by atoms with Crippen LogP contribution in [0.5, 0.6) is 0 Å². The van der Waals surface area contributed by atoms with Crippen molar-refractivity contribution in [3.05, 3.63) is 35.4 Å². The lowest BCUT2D eigenvalue weighted by atomic mass is 10.0. The van der Waals surface area contributed by atoms with Gasteiger partial charge in [-0.05, 0) is 43.4 Å². The lowest BCUT2D eigenvalue weighted by Gasteiger charge is -2.43. The van der Waals surface area contributed by atoms with Crippen molar-refractivity contribution in [2.45, 2.75) is 58.2 Å². The van der Waals surface area contributed by atoms with E-state index in [1.807, 2.05) is 0 Å². The van der Waals surface area contributed by atoms with Gasteiger partial charge in [0.25, 0.3) is 0 Å². The molecule has 1 aromatic carbocycles. The van der Waals surface area contributed by atoms with E-state index in [4.69, 9.17) is 0 Å². The van der Waals surface area contributed by atoms with Gasteiger partial charge in [-0.1, -0.05) is 38.1 Å². The second-order valence-electron chi connectivity index (χ2n) is 6.40. The lowest BCUT2D eigenvalue weighted by molar-refractivity contribution is 0.0435. The van der Waals surface area contributed by atoms with Gasteiger partial charge in [-0.3, -0.25) is 9.80 Å². The smallest absolute Gasteiger partial charge is 0.0240 e. The molecule has 1 aromatic rings. The molecular weight excluding hydrogens is 244 g/mol. The Labute approximate surface area is 123 Å². The minimum Gasteiger partial charge on any atom is -0.298 e. The summed E-state index contributed by atoms with van der Waals surface area (Å²) in [7, 11) is 0. The third-order valence-corrected chi connectivity index (χ3v) is 5.25. The minimum absolute atomic E-state index is 0.745. The van der Waals surface area contributed by atoms with Crippen molar-refractivity contribution < 1.29 is 0 Å². The number of hydrogen-bond acceptors (Lipinski definition) is 2. The van der Waals surface area contributed by atoms with Crippen LogP contribution in [-0.4, -0.2) is 41.5 Å². The van der Waals surface area contributed by atoms with Gasteiger partial charge in [-0.15, -0.1) is 0 Å². The number of rotatable bonds is 4. The fourth-order valence-electron chi connectivity index (χ4n) is 4.00. The van der Waals surface area contributed by atoms with Crippen molar-refractivity contribution in [3.8, 4) is 0 Å². The molecule has 2 aliphatic rings. The maximum absolute atomic E-state index is 2.75. The van der Waals surface area contributed by atoms with E-state index in [1.54, 1.807) is 5.56 Å². The summed E-state index contributed by atoms with van der Waals surface area (Å²) < 4.78 is 0. The van der Waals surface area contributed by atoms with Gasteiger partial charge in [0.2, 0.25) is 0 Å². The fourth-order valence-corrected chi connectivity index (χ4v) is 4.00. The van der Waals surface area contributed by atoms with Gasteiger partial charge in [-0.2, -0.15) is 0 Å². The van der Waals surface area contributed by atoms with Crippen LogP contribution < -0.4 is 0 Å². The molecule has 2 nitrogen and oxygen atoms in total. The number of fused-ring (bicyclic) bond motifs is 1. The van der Waals surface area contributed by atoms with Gasteiger partial charge < -0.3 is 0 Å². The molecule has 2 aliphatic heterocycles. The average molecular weight is 272 g/mol. The summed E-state index contributed by atoms with van der Waals surface area (Å²) in [4.78, 5) is 5.48. The first-order valence-electron chi connectivity index (χ1n) is 8.36. The van der Waals surface area contributed by atoms with Crippen molar-refractivity contribution in [1.82, 2.24) is 9.80 Å². The maximum atomic E-state index is 2.75. The van der Waals surface area contributed by atoms with E-state index in [0.29, 0.717) is 0 Å². The summed E-state index contributed by atoms with van der Waals surface area (Å²) in [5, 5.41) is 0. The number of nitrogens with zero attached hydrogens (tertiary/aromatic N) is 2. The highest BCUT2D eigenvalue weighted by Crippen LogP contribution is 2.27. The van der Waals surface area contributed by atoms with Crippen LogP contribution in [0.3, 0.4) is 0 Å². The summed E-state index contributed by atoms with van der Waals surface area (Å²) in [6, 6.07) is 10.6. The molecule has 0 aliphatic carbocycles. The van der Waals surface area contributed by atoms with Crippen molar-refractivity contribution in [2.75, 3.05) is 19.6 Å². The molecular formula is C18H28N2. The Morgan fingerprint density at radius 2 is 1.90 bits per heavy atom. The van der Waals surface area contributed by atoms with Gasteiger partial charge in [0.05, 0.1) is 0 Å². The van der Waals surface area contributed by atoms with Crippen molar-refractivity contribution in [1.29, 1.82) is 0 Å². The maximum Gasteiger partial charge on any atom is 0.0240 e. The molecule has 0 radical (unpaired) electrons. The Kier molecular flexibility index (Phi) is 4.42. The second kappa shape index (κ2) is 6.28. The summed E-state index contributed by atoms with van der Waals surface area (Å²) in [5.74, 6) is 0. The van der Waals surface area contributed by atoms with E-state index >= 15 is 0 Å². The Balaban J connectivity index is 1.74. The Morgan fingerprint density at radius 3 is 2.65 bits per heavy atom. The summed E-state index contributed by atoms with van der Waals surface area (Å²) in [6.07, 6.45) is 5.23. The fraction of sp³-hybridized carbons (Fsp3) is 0.667. The first kappa shape index (κ1) is 14.1. The van der Waals surface area contributed by atoms with E-state index in [1.165, 1.54) is 44.5 Å². The van der Waals surface area contributed by atoms with E-state index in [9.17, 15) is 0 Å². The van der Waals surface area contributed by atoms with Crippen molar-refractivity contribution in [2.24, 2.45) is 0 Å². The van der Waals surface area contributed by atoms with Crippen LogP contribution in [0.25, 0.3) is 0 Å². The molecule has 3 rings (SSSR count). The Hall–Kier alpha value is -0.860. The highest BCUT2D eigenvalue weighted by Gasteiger charge is 2.35. The van der Waals surface area contributed by atoms with Crippen LogP contribution in [0.4, 0.5) is 0 Å². The molecule has 2 fully saturated rings. The molecule has 0 amide bonds.